The average molecular weight is 324 g/mol. The zero-order valence-electron chi connectivity index (χ0n) is 10.6. The van der Waals surface area contributed by atoms with Gasteiger partial charge < -0.3 is 15.3 Å². The number of halogens is 1. The first-order chi connectivity index (χ1) is 9.20. The Labute approximate surface area is 121 Å². The summed E-state index contributed by atoms with van der Waals surface area (Å²) in [6.45, 7) is 0.432. The number of aliphatic hydroxyl groups excluding tert-OH is 1. The van der Waals surface area contributed by atoms with Gasteiger partial charge in [0.25, 0.3) is 0 Å². The highest BCUT2D eigenvalue weighted by atomic mass is 79.9. The van der Waals surface area contributed by atoms with Crippen molar-refractivity contribution in [1.82, 2.24) is 0 Å². The molecule has 19 heavy (non-hydrogen) atoms. The second-order valence-electron chi connectivity index (χ2n) is 4.58. The monoisotopic (exact) mass is 323 g/mol. The van der Waals surface area contributed by atoms with Gasteiger partial charge in [-0.2, -0.15) is 0 Å². The number of aryl methyl sites for hydroxylation is 1. The first-order valence-corrected chi connectivity index (χ1v) is 7.16. The topological polar surface area (TPSA) is 59.4 Å². The number of hydrogen-bond donors (Lipinski definition) is 2. The van der Waals surface area contributed by atoms with Crippen molar-refractivity contribution in [3.63, 3.8) is 0 Å². The Balaban J connectivity index is 1.98. The molecule has 1 aromatic carbocycles. The predicted octanol–water partition coefficient (Wildman–Crippen LogP) is 3.08. The molecule has 102 valence electrons. The zero-order chi connectivity index (χ0) is 13.7. The summed E-state index contributed by atoms with van der Waals surface area (Å²) in [6.07, 6.45) is 2.56. The largest absolute Gasteiger partial charge is 0.469 e. The zero-order valence-corrected chi connectivity index (χ0v) is 12.2. The van der Waals surface area contributed by atoms with E-state index in [9.17, 15) is 5.11 Å². The lowest BCUT2D eigenvalue weighted by molar-refractivity contribution is 0.134. The van der Waals surface area contributed by atoms with E-state index >= 15 is 0 Å². The summed E-state index contributed by atoms with van der Waals surface area (Å²) in [5, 5.41) is 10.3. The first kappa shape index (κ1) is 14.3. The second-order valence-corrected chi connectivity index (χ2v) is 5.49. The number of furan rings is 1. The van der Waals surface area contributed by atoms with Gasteiger partial charge in [-0.1, -0.05) is 28.1 Å². The van der Waals surface area contributed by atoms with Crippen molar-refractivity contribution in [1.29, 1.82) is 0 Å². The van der Waals surface area contributed by atoms with Crippen LogP contribution in [0, 0.1) is 0 Å². The van der Waals surface area contributed by atoms with E-state index in [4.69, 9.17) is 10.2 Å². The molecular formula is C15H18BrNO2. The Bertz CT molecular complexity index is 481. The fourth-order valence-electron chi connectivity index (χ4n) is 2.17. The lowest BCUT2D eigenvalue weighted by Gasteiger charge is -2.21. The lowest BCUT2D eigenvalue weighted by atomic mass is 9.91. The van der Waals surface area contributed by atoms with Gasteiger partial charge in [0, 0.05) is 23.4 Å². The Hall–Kier alpha value is -1.10. The molecule has 1 heterocycles. The molecule has 1 aromatic heterocycles. The first-order valence-electron chi connectivity index (χ1n) is 6.36. The lowest BCUT2D eigenvalue weighted by Crippen LogP contribution is -2.26. The van der Waals surface area contributed by atoms with Gasteiger partial charge in [0.2, 0.25) is 0 Å². The molecule has 0 fully saturated rings. The van der Waals surface area contributed by atoms with Crippen molar-refractivity contribution >= 4 is 15.9 Å². The minimum absolute atomic E-state index is 0.0388. The van der Waals surface area contributed by atoms with Gasteiger partial charge in [-0.25, -0.2) is 0 Å². The third kappa shape index (κ3) is 3.93. The summed E-state index contributed by atoms with van der Waals surface area (Å²) in [7, 11) is 0. The fraction of sp³-hybridized carbons (Fsp3) is 0.333. The quantitative estimate of drug-likeness (QED) is 0.858. The van der Waals surface area contributed by atoms with Crippen LogP contribution < -0.4 is 5.73 Å². The Morgan fingerprint density at radius 2 is 1.95 bits per heavy atom. The standard InChI is InChI=1S/C15H18BrNO2/c16-12-5-3-11(4-6-12)14(10-17)15(18)8-7-13-2-1-9-19-13/h1-6,9,14-15,18H,7-8,10,17H2. The number of benzene rings is 1. The molecule has 2 unspecified atom stereocenters. The highest BCUT2D eigenvalue weighted by molar-refractivity contribution is 9.10. The molecule has 4 heteroatoms. The molecule has 2 atom stereocenters. The van der Waals surface area contributed by atoms with E-state index in [0.29, 0.717) is 13.0 Å². The van der Waals surface area contributed by atoms with Crippen molar-refractivity contribution in [3.8, 4) is 0 Å². The van der Waals surface area contributed by atoms with E-state index in [1.807, 2.05) is 36.4 Å². The van der Waals surface area contributed by atoms with Gasteiger partial charge in [-0.15, -0.1) is 0 Å². The summed E-state index contributed by atoms with van der Waals surface area (Å²) < 4.78 is 6.30. The molecule has 2 aromatic rings. The van der Waals surface area contributed by atoms with Gasteiger partial charge in [0.1, 0.15) is 5.76 Å². The fourth-order valence-corrected chi connectivity index (χ4v) is 2.44. The van der Waals surface area contributed by atoms with Crippen LogP contribution in [-0.2, 0) is 6.42 Å². The molecule has 3 N–H and O–H groups in total. The normalized spacial score (nSPS) is 14.3. The maximum atomic E-state index is 10.3. The minimum atomic E-state index is -0.462. The third-order valence-electron chi connectivity index (χ3n) is 3.28. The van der Waals surface area contributed by atoms with E-state index in [-0.39, 0.29) is 5.92 Å². The van der Waals surface area contributed by atoms with Gasteiger partial charge in [0.05, 0.1) is 12.4 Å². The maximum absolute atomic E-state index is 10.3. The summed E-state index contributed by atoms with van der Waals surface area (Å²) in [5.74, 6) is 0.855. The molecule has 0 saturated carbocycles. The number of rotatable bonds is 6. The highest BCUT2D eigenvalue weighted by Gasteiger charge is 2.19. The third-order valence-corrected chi connectivity index (χ3v) is 3.81. The van der Waals surface area contributed by atoms with Gasteiger partial charge in [0.15, 0.2) is 0 Å². The van der Waals surface area contributed by atoms with Crippen molar-refractivity contribution < 1.29 is 9.52 Å². The van der Waals surface area contributed by atoms with Crippen LogP contribution >= 0.6 is 15.9 Å². The Kier molecular flexibility index (Phi) is 5.19. The Morgan fingerprint density at radius 1 is 1.21 bits per heavy atom. The van der Waals surface area contributed by atoms with Gasteiger partial charge in [-0.05, 0) is 36.2 Å². The molecule has 0 aliphatic heterocycles. The van der Waals surface area contributed by atoms with Crippen molar-refractivity contribution in [2.75, 3.05) is 6.54 Å². The molecule has 0 aliphatic rings. The van der Waals surface area contributed by atoms with E-state index in [0.717, 1.165) is 22.2 Å². The van der Waals surface area contributed by atoms with Crippen LogP contribution in [0.4, 0.5) is 0 Å². The minimum Gasteiger partial charge on any atom is -0.469 e. The second kappa shape index (κ2) is 6.89. The molecule has 3 nitrogen and oxygen atoms in total. The predicted molar refractivity (Wildman–Crippen MR) is 79.0 cm³/mol. The van der Waals surface area contributed by atoms with Gasteiger partial charge in [-0.3, -0.25) is 0 Å². The van der Waals surface area contributed by atoms with Crippen LogP contribution in [0.5, 0.6) is 0 Å². The number of nitrogens with two attached hydrogens (primary N) is 1. The highest BCUT2D eigenvalue weighted by Crippen LogP contribution is 2.23. The van der Waals surface area contributed by atoms with Crippen LogP contribution in [0.2, 0.25) is 0 Å². The van der Waals surface area contributed by atoms with Crippen LogP contribution in [0.25, 0.3) is 0 Å². The van der Waals surface area contributed by atoms with Gasteiger partial charge >= 0.3 is 0 Å². The average Bonchev–Trinajstić information content (AvgIpc) is 2.92. The molecule has 2 rings (SSSR count). The molecule has 0 radical (unpaired) electrons. The van der Waals surface area contributed by atoms with Crippen LogP contribution in [0.3, 0.4) is 0 Å². The molecule has 0 saturated heterocycles. The van der Waals surface area contributed by atoms with Crippen molar-refractivity contribution in [2.45, 2.75) is 24.9 Å². The summed E-state index contributed by atoms with van der Waals surface area (Å²) in [4.78, 5) is 0. The Morgan fingerprint density at radius 3 is 2.53 bits per heavy atom. The van der Waals surface area contributed by atoms with Crippen molar-refractivity contribution in [2.24, 2.45) is 5.73 Å². The van der Waals surface area contributed by atoms with E-state index in [2.05, 4.69) is 15.9 Å². The smallest absolute Gasteiger partial charge is 0.103 e. The SMILES string of the molecule is NCC(c1ccc(Br)cc1)C(O)CCc1ccco1. The number of hydrogen-bond acceptors (Lipinski definition) is 3. The molecule has 0 aliphatic carbocycles. The molecule has 0 bridgehead atoms. The van der Waals surface area contributed by atoms with Crippen LogP contribution in [0.15, 0.2) is 51.6 Å². The molecule has 0 spiro atoms. The summed E-state index contributed by atoms with van der Waals surface area (Å²) >= 11 is 3.40. The summed E-state index contributed by atoms with van der Waals surface area (Å²) in [5.41, 5.74) is 6.86. The van der Waals surface area contributed by atoms with Crippen molar-refractivity contribution in [3.05, 3.63) is 58.5 Å². The van der Waals surface area contributed by atoms with E-state index in [1.165, 1.54) is 0 Å². The van der Waals surface area contributed by atoms with Crippen LogP contribution in [-0.4, -0.2) is 17.8 Å². The summed E-state index contributed by atoms with van der Waals surface area (Å²) in [6, 6.07) is 11.7. The number of aliphatic hydroxyl groups is 1. The van der Waals surface area contributed by atoms with E-state index < -0.39 is 6.10 Å². The molecule has 0 amide bonds. The van der Waals surface area contributed by atoms with Crippen LogP contribution in [0.1, 0.15) is 23.7 Å². The molecular weight excluding hydrogens is 306 g/mol. The van der Waals surface area contributed by atoms with E-state index in [1.54, 1.807) is 6.26 Å². The maximum Gasteiger partial charge on any atom is 0.103 e.